The lowest BCUT2D eigenvalue weighted by atomic mass is 10.2. The normalized spacial score (nSPS) is 11.4. The van der Waals surface area contributed by atoms with Gasteiger partial charge in [0, 0.05) is 0 Å². The van der Waals surface area contributed by atoms with E-state index < -0.39 is 0 Å². The molecule has 2 aromatic carbocycles. The van der Waals surface area contributed by atoms with Gasteiger partial charge in [0.15, 0.2) is 5.82 Å². The van der Waals surface area contributed by atoms with Crippen LogP contribution in [0.3, 0.4) is 0 Å². The summed E-state index contributed by atoms with van der Waals surface area (Å²) in [5.74, 6) is 0.536. The first-order valence-corrected chi connectivity index (χ1v) is 6.05. The Bertz CT molecular complexity index is 717. The van der Waals surface area contributed by atoms with Gasteiger partial charge < -0.3 is 5.11 Å². The molecule has 0 fully saturated rings. The van der Waals surface area contributed by atoms with E-state index in [4.69, 9.17) is 0 Å². The number of aliphatic hydroxyl groups is 1. The van der Waals surface area contributed by atoms with Crippen LogP contribution in [-0.4, -0.2) is 21.0 Å². The number of imidazole rings is 1. The number of aromatic nitrogens is 2. The van der Waals surface area contributed by atoms with Crippen molar-refractivity contribution in [3.05, 3.63) is 66.0 Å². The Kier molecular flexibility index (Phi) is 3.08. The van der Waals surface area contributed by atoms with E-state index in [2.05, 4.69) is 10.1 Å². The van der Waals surface area contributed by atoms with Crippen molar-refractivity contribution in [1.29, 1.82) is 0 Å². The molecule has 1 N–H and O–H groups in total. The smallest absolute Gasteiger partial charge is 0.156 e. The number of para-hydroxylation sites is 2. The van der Waals surface area contributed by atoms with Crippen LogP contribution in [0.2, 0.25) is 0 Å². The third-order valence-corrected chi connectivity index (χ3v) is 2.87. The van der Waals surface area contributed by atoms with Crippen molar-refractivity contribution in [3.8, 4) is 0 Å². The molecule has 4 heteroatoms. The Morgan fingerprint density at radius 1 is 1.05 bits per heavy atom. The topological polar surface area (TPSA) is 50.4 Å². The summed E-state index contributed by atoms with van der Waals surface area (Å²) in [4.78, 5) is 4.34. The van der Waals surface area contributed by atoms with Crippen LogP contribution in [0.4, 0.5) is 0 Å². The van der Waals surface area contributed by atoms with E-state index in [-0.39, 0.29) is 6.61 Å². The molecule has 3 rings (SSSR count). The summed E-state index contributed by atoms with van der Waals surface area (Å²) in [6.45, 7) is -0.138. The summed E-state index contributed by atoms with van der Waals surface area (Å²) in [5, 5.41) is 13.8. The summed E-state index contributed by atoms with van der Waals surface area (Å²) in [5.41, 5.74) is 2.72. The monoisotopic (exact) mass is 251 g/mol. The van der Waals surface area contributed by atoms with E-state index >= 15 is 0 Å². The Morgan fingerprint density at radius 3 is 2.58 bits per heavy atom. The maximum Gasteiger partial charge on any atom is 0.156 e. The minimum atomic E-state index is -0.138. The molecule has 1 heterocycles. The molecule has 0 atom stereocenters. The average Bonchev–Trinajstić information content (AvgIpc) is 2.84. The highest BCUT2D eigenvalue weighted by molar-refractivity contribution is 5.81. The summed E-state index contributed by atoms with van der Waals surface area (Å²) < 4.78 is 1.67. The van der Waals surface area contributed by atoms with Crippen molar-refractivity contribution < 1.29 is 5.11 Å². The summed E-state index contributed by atoms with van der Waals surface area (Å²) in [7, 11) is 0. The third-order valence-electron chi connectivity index (χ3n) is 2.87. The zero-order valence-corrected chi connectivity index (χ0v) is 10.3. The molecule has 19 heavy (non-hydrogen) atoms. The Labute approximate surface area is 110 Å². The zero-order chi connectivity index (χ0) is 13.1. The first-order valence-electron chi connectivity index (χ1n) is 6.05. The highest BCUT2D eigenvalue weighted by Gasteiger charge is 2.07. The van der Waals surface area contributed by atoms with E-state index in [0.29, 0.717) is 5.82 Å². The molecule has 0 amide bonds. The van der Waals surface area contributed by atoms with Gasteiger partial charge in [-0.2, -0.15) is 5.10 Å². The van der Waals surface area contributed by atoms with E-state index in [9.17, 15) is 5.11 Å². The highest BCUT2D eigenvalue weighted by Crippen LogP contribution is 2.15. The first kappa shape index (κ1) is 11.6. The molecule has 1 aromatic heterocycles. The maximum atomic E-state index is 9.36. The molecule has 0 bridgehead atoms. The van der Waals surface area contributed by atoms with E-state index in [1.165, 1.54) is 0 Å². The van der Waals surface area contributed by atoms with Crippen molar-refractivity contribution in [1.82, 2.24) is 9.66 Å². The van der Waals surface area contributed by atoms with Gasteiger partial charge in [0.05, 0.1) is 17.2 Å². The first-order chi connectivity index (χ1) is 9.38. The molecular weight excluding hydrogens is 238 g/mol. The van der Waals surface area contributed by atoms with Gasteiger partial charge in [-0.25, -0.2) is 9.66 Å². The Balaban J connectivity index is 2.07. The van der Waals surface area contributed by atoms with Crippen molar-refractivity contribution >= 4 is 17.2 Å². The van der Waals surface area contributed by atoms with Crippen LogP contribution in [-0.2, 0) is 6.61 Å². The van der Waals surface area contributed by atoms with Gasteiger partial charge in [-0.1, -0.05) is 42.5 Å². The average molecular weight is 251 g/mol. The molecule has 0 aliphatic heterocycles. The SMILES string of the molecule is OCc1nc2ccccc2n1/N=C\c1ccccc1. The molecule has 0 radical (unpaired) electrons. The van der Waals surface area contributed by atoms with Crippen LogP contribution in [0.1, 0.15) is 11.4 Å². The van der Waals surface area contributed by atoms with Crippen molar-refractivity contribution in [3.63, 3.8) is 0 Å². The van der Waals surface area contributed by atoms with Crippen LogP contribution in [0, 0.1) is 0 Å². The lowest BCUT2D eigenvalue weighted by molar-refractivity contribution is 0.267. The second-order valence-corrected chi connectivity index (χ2v) is 4.14. The van der Waals surface area contributed by atoms with E-state index in [1.807, 2.05) is 54.6 Å². The minimum Gasteiger partial charge on any atom is -0.388 e. The summed E-state index contributed by atoms with van der Waals surface area (Å²) >= 11 is 0. The quantitative estimate of drug-likeness (QED) is 0.727. The van der Waals surface area contributed by atoms with Gasteiger partial charge in [0.1, 0.15) is 6.61 Å². The number of hydrogen-bond acceptors (Lipinski definition) is 3. The number of fused-ring (bicyclic) bond motifs is 1. The summed E-state index contributed by atoms with van der Waals surface area (Å²) in [6, 6.07) is 17.5. The minimum absolute atomic E-state index is 0.138. The standard InChI is InChI=1S/C15H13N3O/c19-11-15-17-13-8-4-5-9-14(13)18(15)16-10-12-6-2-1-3-7-12/h1-10,19H,11H2/b16-10-. The molecule has 0 saturated heterocycles. The zero-order valence-electron chi connectivity index (χ0n) is 10.3. The number of aliphatic hydroxyl groups excluding tert-OH is 1. The number of rotatable bonds is 3. The van der Waals surface area contributed by atoms with Gasteiger partial charge >= 0.3 is 0 Å². The molecule has 0 spiro atoms. The van der Waals surface area contributed by atoms with Crippen LogP contribution < -0.4 is 0 Å². The van der Waals surface area contributed by atoms with Crippen LogP contribution in [0.5, 0.6) is 0 Å². The second kappa shape index (κ2) is 5.04. The van der Waals surface area contributed by atoms with Crippen molar-refractivity contribution in [2.45, 2.75) is 6.61 Å². The van der Waals surface area contributed by atoms with E-state index in [0.717, 1.165) is 16.6 Å². The molecule has 0 aliphatic carbocycles. The predicted molar refractivity (Wildman–Crippen MR) is 75.1 cm³/mol. The highest BCUT2D eigenvalue weighted by atomic mass is 16.3. The fourth-order valence-corrected chi connectivity index (χ4v) is 1.96. The second-order valence-electron chi connectivity index (χ2n) is 4.14. The largest absolute Gasteiger partial charge is 0.388 e. The molecule has 4 nitrogen and oxygen atoms in total. The molecule has 0 aliphatic rings. The summed E-state index contributed by atoms with van der Waals surface area (Å²) in [6.07, 6.45) is 1.76. The molecular formula is C15H13N3O. The van der Waals surface area contributed by atoms with Gasteiger partial charge in [-0.3, -0.25) is 0 Å². The fraction of sp³-hybridized carbons (Fsp3) is 0.0667. The number of nitrogens with zero attached hydrogens (tertiary/aromatic N) is 3. The molecule has 3 aromatic rings. The number of benzene rings is 2. The lowest BCUT2D eigenvalue weighted by Gasteiger charge is -1.99. The van der Waals surface area contributed by atoms with Gasteiger partial charge in [-0.15, -0.1) is 0 Å². The van der Waals surface area contributed by atoms with E-state index in [1.54, 1.807) is 10.9 Å². The third kappa shape index (κ3) is 2.26. The van der Waals surface area contributed by atoms with Crippen LogP contribution >= 0.6 is 0 Å². The van der Waals surface area contributed by atoms with Crippen LogP contribution in [0.25, 0.3) is 11.0 Å². The van der Waals surface area contributed by atoms with Crippen molar-refractivity contribution in [2.24, 2.45) is 5.10 Å². The van der Waals surface area contributed by atoms with Gasteiger partial charge in [0.25, 0.3) is 0 Å². The Hall–Kier alpha value is -2.46. The maximum absolute atomic E-state index is 9.36. The molecule has 0 unspecified atom stereocenters. The van der Waals surface area contributed by atoms with Crippen molar-refractivity contribution in [2.75, 3.05) is 0 Å². The molecule has 0 saturated carbocycles. The van der Waals surface area contributed by atoms with Gasteiger partial charge in [0.2, 0.25) is 0 Å². The number of hydrogen-bond donors (Lipinski definition) is 1. The molecule has 94 valence electrons. The lowest BCUT2D eigenvalue weighted by Crippen LogP contribution is -1.98. The van der Waals surface area contributed by atoms with Crippen LogP contribution in [0.15, 0.2) is 59.7 Å². The Morgan fingerprint density at radius 2 is 1.79 bits per heavy atom. The predicted octanol–water partition coefficient (Wildman–Crippen LogP) is 2.41. The fourth-order valence-electron chi connectivity index (χ4n) is 1.96. The van der Waals surface area contributed by atoms with Gasteiger partial charge in [-0.05, 0) is 17.7 Å².